The fourth-order valence-corrected chi connectivity index (χ4v) is 3.36. The average Bonchev–Trinajstić information content (AvgIpc) is 2.83. The number of rotatable bonds is 5. The first-order valence-electron chi connectivity index (χ1n) is 10.2. The molecule has 0 unspecified atom stereocenters. The van der Waals surface area contributed by atoms with Crippen LogP contribution in [0.15, 0.2) is 84.4 Å². The predicted molar refractivity (Wildman–Crippen MR) is 128 cm³/mol. The number of carbonyl (C=O) groups is 4. The molecule has 7 nitrogen and oxygen atoms in total. The third-order valence-corrected chi connectivity index (χ3v) is 5.16. The maximum atomic E-state index is 14.2. The predicted octanol–water partition coefficient (Wildman–Crippen LogP) is 4.76. The monoisotopic (exact) mass is 490 g/mol. The summed E-state index contributed by atoms with van der Waals surface area (Å²) in [6.07, 6.45) is 3.92. The van der Waals surface area contributed by atoms with Gasteiger partial charge in [0, 0.05) is 16.7 Å². The molecule has 1 aliphatic rings. The van der Waals surface area contributed by atoms with Crippen LogP contribution in [0.1, 0.15) is 11.1 Å². The first kappa shape index (κ1) is 23.6. The Labute approximate surface area is 204 Å². The van der Waals surface area contributed by atoms with Crippen molar-refractivity contribution in [2.45, 2.75) is 0 Å². The molecule has 0 aromatic heterocycles. The first-order chi connectivity index (χ1) is 16.8. The molecule has 0 radical (unpaired) electrons. The van der Waals surface area contributed by atoms with E-state index in [0.717, 1.165) is 11.6 Å². The van der Waals surface area contributed by atoms with E-state index in [9.17, 15) is 23.6 Å². The zero-order valence-corrected chi connectivity index (χ0v) is 18.7. The number of nitrogens with zero attached hydrogens (tertiary/aromatic N) is 1. The van der Waals surface area contributed by atoms with Gasteiger partial charge in [0.15, 0.2) is 0 Å². The van der Waals surface area contributed by atoms with E-state index in [-0.39, 0.29) is 17.0 Å². The standard InChI is InChI=1S/C26H16ClFN2O5/c27-18-12-9-16(10-13-18)11-14-23(31)35-22-8-4-1-5-17(22)15-19-24(32)29-26(34)30(25(19)33)21-7-3-2-6-20(21)28/h1-15H,(H,29,32,34)/b14-11+,19-15-. The van der Waals surface area contributed by atoms with Gasteiger partial charge in [0.25, 0.3) is 11.8 Å². The zero-order chi connectivity index (χ0) is 24.9. The summed E-state index contributed by atoms with van der Waals surface area (Å²) in [7, 11) is 0. The number of hydrogen-bond acceptors (Lipinski definition) is 5. The van der Waals surface area contributed by atoms with Gasteiger partial charge < -0.3 is 4.74 Å². The van der Waals surface area contributed by atoms with Crippen LogP contribution >= 0.6 is 11.6 Å². The topological polar surface area (TPSA) is 92.8 Å². The zero-order valence-electron chi connectivity index (χ0n) is 17.9. The Morgan fingerprint density at radius 1 is 0.943 bits per heavy atom. The van der Waals surface area contributed by atoms with Gasteiger partial charge in [-0.25, -0.2) is 18.9 Å². The van der Waals surface area contributed by atoms with Crippen LogP contribution < -0.4 is 15.0 Å². The van der Waals surface area contributed by atoms with Crippen molar-refractivity contribution >= 4 is 53.3 Å². The second-order valence-electron chi connectivity index (χ2n) is 7.25. The minimum Gasteiger partial charge on any atom is -0.423 e. The van der Waals surface area contributed by atoms with Crippen molar-refractivity contribution in [1.29, 1.82) is 0 Å². The molecule has 1 heterocycles. The Bertz CT molecular complexity index is 1400. The molecule has 0 aliphatic carbocycles. The third-order valence-electron chi connectivity index (χ3n) is 4.91. The van der Waals surface area contributed by atoms with Crippen LogP contribution in [-0.4, -0.2) is 23.8 Å². The van der Waals surface area contributed by atoms with Crippen LogP contribution in [0.3, 0.4) is 0 Å². The Balaban J connectivity index is 1.60. The van der Waals surface area contributed by atoms with Gasteiger partial charge in [0.2, 0.25) is 0 Å². The van der Waals surface area contributed by atoms with E-state index in [1.807, 2.05) is 5.32 Å². The number of amides is 4. The van der Waals surface area contributed by atoms with E-state index in [0.29, 0.717) is 9.92 Å². The lowest BCUT2D eigenvalue weighted by molar-refractivity contribution is -0.129. The second-order valence-corrected chi connectivity index (χ2v) is 7.69. The second kappa shape index (κ2) is 10.1. The molecule has 9 heteroatoms. The van der Waals surface area contributed by atoms with Crippen LogP contribution in [0, 0.1) is 5.82 Å². The maximum absolute atomic E-state index is 14.2. The highest BCUT2D eigenvalue weighted by molar-refractivity contribution is 6.39. The van der Waals surface area contributed by atoms with Crippen molar-refractivity contribution in [1.82, 2.24) is 5.32 Å². The number of anilines is 1. The number of hydrogen-bond donors (Lipinski definition) is 1. The SMILES string of the molecule is O=C(/C=C/c1ccc(Cl)cc1)Oc1ccccc1/C=C1/C(=O)NC(=O)N(c2ccccc2F)C1=O. The van der Waals surface area contributed by atoms with Gasteiger partial charge in [-0.1, -0.05) is 54.1 Å². The third kappa shape index (κ3) is 5.34. The Morgan fingerprint density at radius 2 is 1.63 bits per heavy atom. The summed E-state index contributed by atoms with van der Waals surface area (Å²) in [5.74, 6) is -3.43. The number of ether oxygens (including phenoxy) is 1. The lowest BCUT2D eigenvalue weighted by Crippen LogP contribution is -2.54. The van der Waals surface area contributed by atoms with Crippen molar-refractivity contribution in [3.63, 3.8) is 0 Å². The van der Waals surface area contributed by atoms with Gasteiger partial charge >= 0.3 is 12.0 Å². The molecule has 3 aromatic rings. The molecule has 0 bridgehead atoms. The molecule has 1 N–H and O–H groups in total. The van der Waals surface area contributed by atoms with Gasteiger partial charge in [0.1, 0.15) is 17.1 Å². The van der Waals surface area contributed by atoms with Crippen molar-refractivity contribution in [2.75, 3.05) is 4.90 Å². The van der Waals surface area contributed by atoms with Crippen molar-refractivity contribution in [2.24, 2.45) is 0 Å². The lowest BCUT2D eigenvalue weighted by atomic mass is 10.1. The number of barbiturate groups is 1. The number of halogens is 2. The molecule has 1 aliphatic heterocycles. The summed E-state index contributed by atoms with van der Waals surface area (Å²) in [5, 5.41) is 2.58. The summed E-state index contributed by atoms with van der Waals surface area (Å²) in [6, 6.07) is 17.1. The van der Waals surface area contributed by atoms with E-state index in [4.69, 9.17) is 16.3 Å². The Kier molecular flexibility index (Phi) is 6.84. The summed E-state index contributed by atoms with van der Waals surface area (Å²) >= 11 is 5.85. The van der Waals surface area contributed by atoms with Gasteiger partial charge in [0.05, 0.1) is 5.69 Å². The summed E-state index contributed by atoms with van der Waals surface area (Å²) in [6.45, 7) is 0. The fourth-order valence-electron chi connectivity index (χ4n) is 3.24. The van der Waals surface area contributed by atoms with Crippen LogP contribution in [0.2, 0.25) is 5.02 Å². The first-order valence-corrected chi connectivity index (χ1v) is 10.6. The number of para-hydroxylation sites is 2. The molecular weight excluding hydrogens is 475 g/mol. The number of urea groups is 1. The van der Waals surface area contributed by atoms with Crippen LogP contribution in [0.25, 0.3) is 12.2 Å². The minimum absolute atomic E-state index is 0.0701. The van der Waals surface area contributed by atoms with Crippen molar-refractivity contribution < 1.29 is 28.3 Å². The molecule has 4 rings (SSSR count). The van der Waals surface area contributed by atoms with E-state index in [1.165, 1.54) is 48.6 Å². The quantitative estimate of drug-likeness (QED) is 0.241. The van der Waals surface area contributed by atoms with Gasteiger partial charge in [-0.3, -0.25) is 14.9 Å². The summed E-state index contributed by atoms with van der Waals surface area (Å²) in [5.41, 5.74) is 0.208. The number of imide groups is 2. The van der Waals surface area contributed by atoms with Crippen LogP contribution in [0.4, 0.5) is 14.9 Å². The molecule has 1 fully saturated rings. The number of esters is 1. The van der Waals surface area contributed by atoms with Gasteiger partial charge in [-0.15, -0.1) is 0 Å². The fraction of sp³-hybridized carbons (Fsp3) is 0. The maximum Gasteiger partial charge on any atom is 0.336 e. The smallest absolute Gasteiger partial charge is 0.336 e. The van der Waals surface area contributed by atoms with E-state index < -0.39 is 35.2 Å². The molecule has 35 heavy (non-hydrogen) atoms. The molecule has 174 valence electrons. The molecule has 0 saturated carbocycles. The summed E-state index contributed by atoms with van der Waals surface area (Å²) < 4.78 is 19.6. The highest BCUT2D eigenvalue weighted by Crippen LogP contribution is 2.27. The van der Waals surface area contributed by atoms with E-state index in [1.54, 1.807) is 36.4 Å². The highest BCUT2D eigenvalue weighted by atomic mass is 35.5. The lowest BCUT2D eigenvalue weighted by Gasteiger charge is -2.26. The number of benzene rings is 3. The average molecular weight is 491 g/mol. The Morgan fingerprint density at radius 3 is 2.37 bits per heavy atom. The molecule has 0 spiro atoms. The largest absolute Gasteiger partial charge is 0.423 e. The van der Waals surface area contributed by atoms with Gasteiger partial charge in [-0.2, -0.15) is 0 Å². The molecule has 3 aromatic carbocycles. The number of nitrogens with one attached hydrogen (secondary N) is 1. The number of carbonyl (C=O) groups excluding carboxylic acids is 4. The molecular formula is C26H16ClFN2O5. The molecule has 4 amide bonds. The van der Waals surface area contributed by atoms with Crippen molar-refractivity contribution in [3.05, 3.63) is 106 Å². The molecule has 1 saturated heterocycles. The normalized spacial score (nSPS) is 15.0. The molecule has 0 atom stereocenters. The summed E-state index contributed by atoms with van der Waals surface area (Å²) in [4.78, 5) is 50.6. The van der Waals surface area contributed by atoms with Crippen LogP contribution in [0.5, 0.6) is 5.75 Å². The highest BCUT2D eigenvalue weighted by Gasteiger charge is 2.38. The Hall–Kier alpha value is -4.56. The van der Waals surface area contributed by atoms with Gasteiger partial charge in [-0.05, 0) is 48.0 Å². The minimum atomic E-state index is -1.07. The van der Waals surface area contributed by atoms with Crippen molar-refractivity contribution in [3.8, 4) is 5.75 Å². The van der Waals surface area contributed by atoms with E-state index in [2.05, 4.69) is 0 Å². The van der Waals surface area contributed by atoms with E-state index >= 15 is 0 Å². The van der Waals surface area contributed by atoms with Crippen LogP contribution in [-0.2, 0) is 14.4 Å².